The summed E-state index contributed by atoms with van der Waals surface area (Å²) in [6.45, 7) is 0. The molecule has 0 aliphatic carbocycles. The lowest BCUT2D eigenvalue weighted by atomic mass is 9.78. The van der Waals surface area contributed by atoms with Crippen LogP contribution in [0.5, 0.6) is 0 Å². The van der Waals surface area contributed by atoms with E-state index >= 15 is 0 Å². The molecule has 0 aromatic heterocycles. The Morgan fingerprint density at radius 1 is 0.197 bits per heavy atom. The largest absolute Gasteiger partial charge is 0.310 e. The molecule has 1 heteroatoms. The highest BCUT2D eigenvalue weighted by atomic mass is 15.1. The minimum atomic E-state index is 1.13. The Balaban J connectivity index is 1.11. The molecule has 286 valence electrons. The second-order valence-corrected chi connectivity index (χ2v) is 15.6. The first-order valence-electron chi connectivity index (χ1n) is 21.0. The third kappa shape index (κ3) is 6.63. The van der Waals surface area contributed by atoms with Crippen LogP contribution in [0.25, 0.3) is 88.0 Å². The molecule has 11 rings (SSSR count). The maximum atomic E-state index is 2.43. The highest BCUT2D eigenvalue weighted by Crippen LogP contribution is 2.51. The monoisotopic (exact) mass is 775 g/mol. The van der Waals surface area contributed by atoms with Crippen molar-refractivity contribution in [3.63, 3.8) is 0 Å². The van der Waals surface area contributed by atoms with Crippen LogP contribution in [-0.2, 0) is 0 Å². The molecule has 61 heavy (non-hydrogen) atoms. The number of benzene rings is 11. The number of hydrogen-bond acceptors (Lipinski definition) is 1. The first-order valence-corrected chi connectivity index (χ1v) is 21.0. The number of hydrogen-bond donors (Lipinski definition) is 0. The summed E-state index contributed by atoms with van der Waals surface area (Å²) in [6.07, 6.45) is 0. The second-order valence-electron chi connectivity index (χ2n) is 15.6. The Kier molecular flexibility index (Phi) is 9.26. The maximum absolute atomic E-state index is 2.43. The zero-order valence-corrected chi connectivity index (χ0v) is 33.6. The molecule has 0 unspecified atom stereocenters. The Morgan fingerprint density at radius 3 is 1.03 bits per heavy atom. The zero-order valence-electron chi connectivity index (χ0n) is 33.6. The third-order valence-electron chi connectivity index (χ3n) is 12.0. The Labute approximate surface area is 357 Å². The standard InChI is InChI=1S/C60H41N/c1-7-19-42(20-8-1)57-55-37-34-47(41-56(55)58(43-21-9-2-10-22-43)60(45-25-13-4-14-26-45)59(57)44-23-11-3-12-24-44)46-33-36-53-48(39-46)31-32-49-40-52(35-38-54(49)53)61(50-27-15-5-16-28-50)51-29-17-6-18-30-51/h1-41H. The van der Waals surface area contributed by atoms with E-state index in [-0.39, 0.29) is 0 Å². The van der Waals surface area contributed by atoms with Crippen molar-refractivity contribution in [3.05, 3.63) is 249 Å². The van der Waals surface area contributed by atoms with Crippen molar-refractivity contribution in [2.75, 3.05) is 4.90 Å². The molecule has 11 aromatic carbocycles. The maximum Gasteiger partial charge on any atom is 0.0468 e. The van der Waals surface area contributed by atoms with Gasteiger partial charge in [0, 0.05) is 17.1 Å². The van der Waals surface area contributed by atoms with Crippen LogP contribution in [0.15, 0.2) is 249 Å². The normalized spacial score (nSPS) is 11.3. The molecule has 11 aromatic rings. The van der Waals surface area contributed by atoms with Crippen LogP contribution >= 0.6 is 0 Å². The van der Waals surface area contributed by atoms with E-state index in [0.29, 0.717) is 0 Å². The number of nitrogens with zero attached hydrogens (tertiary/aromatic N) is 1. The van der Waals surface area contributed by atoms with Gasteiger partial charge in [-0.25, -0.2) is 0 Å². The molecule has 0 aliphatic rings. The molecule has 0 heterocycles. The quantitative estimate of drug-likeness (QED) is 0.139. The average molecular weight is 776 g/mol. The zero-order chi connectivity index (χ0) is 40.5. The summed E-state index contributed by atoms with van der Waals surface area (Å²) in [5.74, 6) is 0. The lowest BCUT2D eigenvalue weighted by Crippen LogP contribution is -2.09. The van der Waals surface area contributed by atoms with Crippen LogP contribution in [0.4, 0.5) is 17.1 Å². The molecule has 0 radical (unpaired) electrons. The van der Waals surface area contributed by atoms with E-state index < -0.39 is 0 Å². The fourth-order valence-electron chi connectivity index (χ4n) is 9.24. The molecule has 1 nitrogen and oxygen atoms in total. The van der Waals surface area contributed by atoms with Gasteiger partial charge < -0.3 is 4.90 Å². The molecular weight excluding hydrogens is 735 g/mol. The van der Waals surface area contributed by atoms with Crippen molar-refractivity contribution in [2.24, 2.45) is 0 Å². The fourth-order valence-corrected chi connectivity index (χ4v) is 9.24. The summed E-state index contributed by atoms with van der Waals surface area (Å²) in [4.78, 5) is 2.32. The predicted molar refractivity (Wildman–Crippen MR) is 261 cm³/mol. The van der Waals surface area contributed by atoms with Gasteiger partial charge in [0.05, 0.1) is 0 Å². The molecule has 0 bridgehead atoms. The Hall–Kier alpha value is -8.00. The summed E-state index contributed by atoms with van der Waals surface area (Å²) >= 11 is 0. The van der Waals surface area contributed by atoms with Crippen molar-refractivity contribution in [1.29, 1.82) is 0 Å². The van der Waals surface area contributed by atoms with Crippen LogP contribution in [0.2, 0.25) is 0 Å². The van der Waals surface area contributed by atoms with Crippen molar-refractivity contribution in [2.45, 2.75) is 0 Å². The number of rotatable bonds is 8. The van der Waals surface area contributed by atoms with Crippen molar-refractivity contribution >= 4 is 49.4 Å². The van der Waals surface area contributed by atoms with E-state index in [4.69, 9.17) is 0 Å². The highest BCUT2D eigenvalue weighted by molar-refractivity contribution is 6.19. The number of fused-ring (bicyclic) bond motifs is 4. The minimum Gasteiger partial charge on any atom is -0.310 e. The molecule has 0 aliphatic heterocycles. The highest BCUT2D eigenvalue weighted by Gasteiger charge is 2.24. The van der Waals surface area contributed by atoms with Gasteiger partial charge in [-0.15, -0.1) is 0 Å². The van der Waals surface area contributed by atoms with E-state index in [1.165, 1.54) is 88.0 Å². The van der Waals surface area contributed by atoms with Crippen LogP contribution in [0.1, 0.15) is 0 Å². The van der Waals surface area contributed by atoms with Crippen LogP contribution in [0.3, 0.4) is 0 Å². The molecule has 0 spiro atoms. The number of anilines is 3. The molecule has 0 saturated carbocycles. The van der Waals surface area contributed by atoms with Gasteiger partial charge in [0.2, 0.25) is 0 Å². The lowest BCUT2D eigenvalue weighted by molar-refractivity contribution is 1.29. The number of para-hydroxylation sites is 2. The summed E-state index contributed by atoms with van der Waals surface area (Å²) in [5.41, 5.74) is 15.5. The van der Waals surface area contributed by atoms with Gasteiger partial charge in [0.15, 0.2) is 0 Å². The van der Waals surface area contributed by atoms with E-state index in [9.17, 15) is 0 Å². The molecule has 0 saturated heterocycles. The smallest absolute Gasteiger partial charge is 0.0468 e. The Bertz CT molecular complexity index is 3270. The van der Waals surface area contributed by atoms with Gasteiger partial charge >= 0.3 is 0 Å². The van der Waals surface area contributed by atoms with Crippen molar-refractivity contribution < 1.29 is 0 Å². The molecule has 0 fully saturated rings. The summed E-state index contributed by atoms with van der Waals surface area (Å²) < 4.78 is 0. The van der Waals surface area contributed by atoms with Crippen LogP contribution in [0, 0.1) is 0 Å². The summed E-state index contributed by atoms with van der Waals surface area (Å²) in [5, 5.41) is 7.38. The van der Waals surface area contributed by atoms with Gasteiger partial charge in [-0.05, 0) is 136 Å². The molecular formula is C60H41N. The van der Waals surface area contributed by atoms with Gasteiger partial charge in [0.25, 0.3) is 0 Å². The van der Waals surface area contributed by atoms with E-state index in [1.54, 1.807) is 0 Å². The van der Waals surface area contributed by atoms with Crippen molar-refractivity contribution in [1.82, 2.24) is 0 Å². The minimum absolute atomic E-state index is 1.13. The van der Waals surface area contributed by atoms with Crippen molar-refractivity contribution in [3.8, 4) is 55.6 Å². The first kappa shape index (κ1) is 36.1. The summed E-state index contributed by atoms with van der Waals surface area (Å²) in [7, 11) is 0. The average Bonchev–Trinajstić information content (AvgIpc) is 3.34. The van der Waals surface area contributed by atoms with E-state index in [2.05, 4.69) is 254 Å². The molecule has 0 amide bonds. The van der Waals surface area contributed by atoms with Gasteiger partial charge in [-0.3, -0.25) is 0 Å². The van der Waals surface area contributed by atoms with Gasteiger partial charge in [-0.2, -0.15) is 0 Å². The first-order chi connectivity index (χ1) is 30.3. The molecule has 0 N–H and O–H groups in total. The SMILES string of the molecule is c1ccc(-c2c(-c3ccccc3)c(-c3ccccc3)c3cc(-c4ccc5c(ccc6cc(N(c7ccccc7)c7ccccc7)ccc65)c4)ccc3c2-c2ccccc2)cc1. The summed E-state index contributed by atoms with van der Waals surface area (Å²) in [6, 6.07) is 90.4. The van der Waals surface area contributed by atoms with E-state index in [0.717, 1.165) is 17.1 Å². The fraction of sp³-hybridized carbons (Fsp3) is 0. The second kappa shape index (κ2) is 15.6. The Morgan fingerprint density at radius 2 is 0.557 bits per heavy atom. The third-order valence-corrected chi connectivity index (χ3v) is 12.0. The lowest BCUT2D eigenvalue weighted by Gasteiger charge is -2.25. The van der Waals surface area contributed by atoms with Crippen LogP contribution < -0.4 is 4.90 Å². The van der Waals surface area contributed by atoms with Gasteiger partial charge in [0.1, 0.15) is 0 Å². The predicted octanol–water partition coefficient (Wildman–Crippen LogP) is 17.0. The van der Waals surface area contributed by atoms with Gasteiger partial charge in [-0.1, -0.05) is 200 Å². The van der Waals surface area contributed by atoms with E-state index in [1.807, 2.05) is 0 Å². The molecule has 0 atom stereocenters. The van der Waals surface area contributed by atoms with Crippen LogP contribution in [-0.4, -0.2) is 0 Å². The topological polar surface area (TPSA) is 3.24 Å².